The summed E-state index contributed by atoms with van der Waals surface area (Å²) in [7, 11) is 0. The summed E-state index contributed by atoms with van der Waals surface area (Å²) in [5.74, 6) is 0.555. The number of aromatic nitrogens is 3. The van der Waals surface area contributed by atoms with Crippen molar-refractivity contribution < 1.29 is 9.53 Å². The third kappa shape index (κ3) is 2.96. The third-order valence-corrected chi connectivity index (χ3v) is 5.38. The minimum Gasteiger partial charge on any atom is -0.376 e. The van der Waals surface area contributed by atoms with Crippen molar-refractivity contribution in [2.75, 3.05) is 13.2 Å². The lowest BCUT2D eigenvalue weighted by molar-refractivity contribution is -0.122. The largest absolute Gasteiger partial charge is 0.376 e. The molecule has 1 fully saturated rings. The number of amides is 1. The molecule has 8 heteroatoms. The van der Waals surface area contributed by atoms with Crippen LogP contribution in [0.5, 0.6) is 0 Å². The fraction of sp³-hybridized carbons (Fsp3) is 0.471. The van der Waals surface area contributed by atoms with Crippen LogP contribution in [0.15, 0.2) is 22.3 Å². The number of hydrogen-bond donors (Lipinski definition) is 1. The molecule has 1 aliphatic heterocycles. The normalized spacial score (nSPS) is 17.6. The van der Waals surface area contributed by atoms with Crippen LogP contribution in [0.1, 0.15) is 25.6 Å². The van der Waals surface area contributed by atoms with Gasteiger partial charge in [0.05, 0.1) is 16.3 Å². The highest BCUT2D eigenvalue weighted by Crippen LogP contribution is 2.24. The van der Waals surface area contributed by atoms with Crippen LogP contribution in [-0.2, 0) is 22.5 Å². The van der Waals surface area contributed by atoms with Crippen LogP contribution < -0.4 is 10.9 Å². The van der Waals surface area contributed by atoms with E-state index in [1.165, 1.54) is 4.68 Å². The molecule has 0 aliphatic carbocycles. The number of nitrogens with zero attached hydrogens (tertiary/aromatic N) is 3. The summed E-state index contributed by atoms with van der Waals surface area (Å²) in [6.45, 7) is 3.15. The van der Waals surface area contributed by atoms with Crippen LogP contribution in [0.2, 0.25) is 0 Å². The Balaban J connectivity index is 1.61. The summed E-state index contributed by atoms with van der Waals surface area (Å²) in [5, 5.41) is 9.26. The van der Waals surface area contributed by atoms with E-state index in [0.717, 1.165) is 35.5 Å². The van der Waals surface area contributed by atoms with E-state index in [0.29, 0.717) is 18.5 Å². The van der Waals surface area contributed by atoms with Gasteiger partial charge >= 0.3 is 0 Å². The average Bonchev–Trinajstić information content (AvgIpc) is 3.32. The maximum atomic E-state index is 12.7. The predicted octanol–water partition coefficient (Wildman–Crippen LogP) is 1.57. The van der Waals surface area contributed by atoms with E-state index < -0.39 is 0 Å². The van der Waals surface area contributed by atoms with Gasteiger partial charge in [0.25, 0.3) is 5.56 Å². The quantitative estimate of drug-likeness (QED) is 0.749. The van der Waals surface area contributed by atoms with Gasteiger partial charge in [-0.05, 0) is 30.4 Å². The zero-order valence-electron chi connectivity index (χ0n) is 14.0. The van der Waals surface area contributed by atoms with E-state index in [2.05, 4.69) is 10.4 Å². The van der Waals surface area contributed by atoms with Crippen LogP contribution in [0.25, 0.3) is 15.7 Å². The molecular weight excluding hydrogens is 340 g/mol. The lowest BCUT2D eigenvalue weighted by atomic mass is 10.2. The number of rotatable bonds is 5. The van der Waals surface area contributed by atoms with Gasteiger partial charge in [-0.1, -0.05) is 6.92 Å². The summed E-state index contributed by atoms with van der Waals surface area (Å²) in [4.78, 5) is 24.9. The Labute approximate surface area is 148 Å². The monoisotopic (exact) mass is 360 g/mol. The van der Waals surface area contributed by atoms with Gasteiger partial charge in [0.2, 0.25) is 5.91 Å². The van der Waals surface area contributed by atoms with Crippen molar-refractivity contribution in [3.63, 3.8) is 0 Å². The highest BCUT2D eigenvalue weighted by atomic mass is 32.1. The number of hydrogen-bond acceptors (Lipinski definition) is 5. The first-order valence-corrected chi connectivity index (χ1v) is 9.42. The van der Waals surface area contributed by atoms with Crippen molar-refractivity contribution in [3.8, 4) is 0 Å². The van der Waals surface area contributed by atoms with Gasteiger partial charge in [0.15, 0.2) is 0 Å². The van der Waals surface area contributed by atoms with Gasteiger partial charge < -0.3 is 10.1 Å². The first-order valence-electron chi connectivity index (χ1n) is 8.54. The summed E-state index contributed by atoms with van der Waals surface area (Å²) in [6, 6.07) is 3.87. The van der Waals surface area contributed by atoms with Crippen molar-refractivity contribution in [2.45, 2.75) is 38.8 Å². The van der Waals surface area contributed by atoms with Crippen molar-refractivity contribution in [1.29, 1.82) is 0 Å². The minimum atomic E-state index is -0.243. The molecule has 3 aromatic heterocycles. The molecule has 1 saturated heterocycles. The second-order valence-corrected chi connectivity index (χ2v) is 7.15. The van der Waals surface area contributed by atoms with E-state index in [1.807, 2.05) is 28.8 Å². The molecule has 0 spiro atoms. The molecule has 0 saturated carbocycles. The van der Waals surface area contributed by atoms with E-state index in [9.17, 15) is 9.59 Å². The van der Waals surface area contributed by atoms with Crippen molar-refractivity contribution in [3.05, 3.63) is 33.7 Å². The highest BCUT2D eigenvalue weighted by molar-refractivity contribution is 7.17. The number of nitrogens with one attached hydrogen (secondary N) is 1. The molecule has 4 rings (SSSR count). The second-order valence-electron chi connectivity index (χ2n) is 6.21. The Morgan fingerprint density at radius 3 is 3.12 bits per heavy atom. The maximum Gasteiger partial charge on any atom is 0.291 e. The molecule has 132 valence electrons. The number of ether oxygens (including phenoxy) is 1. The summed E-state index contributed by atoms with van der Waals surface area (Å²) in [5.41, 5.74) is 1.32. The van der Waals surface area contributed by atoms with Crippen LogP contribution >= 0.6 is 11.3 Å². The third-order valence-electron chi connectivity index (χ3n) is 4.53. The Morgan fingerprint density at radius 1 is 1.48 bits per heavy atom. The molecule has 3 aromatic rings. The number of carbonyl (C=O) groups is 1. The average molecular weight is 360 g/mol. The standard InChI is InChI=1S/C17H20N4O3S/c1-2-15-19-20(10-16(22)18-9-11-4-3-6-24-11)17(23)13-8-14-12(21(13)15)5-7-25-14/h5,7-8,11H,2-4,6,9-10H2,1H3,(H,18,22)/t11-/m1/s1. The predicted molar refractivity (Wildman–Crippen MR) is 96.2 cm³/mol. The van der Waals surface area contributed by atoms with E-state index >= 15 is 0 Å². The maximum absolute atomic E-state index is 12.7. The number of aryl methyl sites for hydroxylation is 1. The van der Waals surface area contributed by atoms with Gasteiger partial charge in [0.1, 0.15) is 17.9 Å². The van der Waals surface area contributed by atoms with Gasteiger partial charge in [-0.15, -0.1) is 11.3 Å². The Hall–Kier alpha value is -2.19. The van der Waals surface area contributed by atoms with Crippen LogP contribution in [0.3, 0.4) is 0 Å². The second kappa shape index (κ2) is 6.61. The van der Waals surface area contributed by atoms with E-state index in [1.54, 1.807) is 11.3 Å². The van der Waals surface area contributed by atoms with Gasteiger partial charge in [-0.25, -0.2) is 4.68 Å². The minimum absolute atomic E-state index is 0.0755. The topological polar surface area (TPSA) is 77.6 Å². The number of carbonyl (C=O) groups excluding carboxylic acids is 1. The summed E-state index contributed by atoms with van der Waals surface area (Å²) in [6.07, 6.45) is 2.75. The van der Waals surface area contributed by atoms with Crippen LogP contribution in [0.4, 0.5) is 0 Å². The molecule has 1 aliphatic rings. The molecule has 1 N–H and O–H groups in total. The molecule has 1 atom stereocenters. The molecule has 0 aromatic carbocycles. The molecular formula is C17H20N4O3S. The van der Waals surface area contributed by atoms with Gasteiger partial charge in [0, 0.05) is 19.6 Å². The molecule has 0 unspecified atom stereocenters. The van der Waals surface area contributed by atoms with Crippen molar-refractivity contribution in [2.24, 2.45) is 0 Å². The zero-order chi connectivity index (χ0) is 17.4. The molecule has 0 bridgehead atoms. The van der Waals surface area contributed by atoms with Crippen LogP contribution in [0, 0.1) is 0 Å². The summed E-state index contributed by atoms with van der Waals surface area (Å²) >= 11 is 1.59. The lowest BCUT2D eigenvalue weighted by Crippen LogP contribution is -2.38. The summed E-state index contributed by atoms with van der Waals surface area (Å²) < 4.78 is 9.71. The molecule has 25 heavy (non-hydrogen) atoms. The zero-order valence-corrected chi connectivity index (χ0v) is 14.8. The van der Waals surface area contributed by atoms with E-state index in [-0.39, 0.29) is 24.1 Å². The fourth-order valence-corrected chi connectivity index (χ4v) is 4.09. The Bertz CT molecular complexity index is 981. The number of thiophene rings is 1. The SMILES string of the molecule is CCc1nn(CC(=O)NC[C@H]2CCCO2)c(=O)c2cc3sccc3n12. The van der Waals surface area contributed by atoms with Gasteiger partial charge in [-0.3, -0.25) is 14.0 Å². The number of fused-ring (bicyclic) bond motifs is 3. The highest BCUT2D eigenvalue weighted by Gasteiger charge is 2.18. The lowest BCUT2D eigenvalue weighted by Gasteiger charge is -2.12. The fourth-order valence-electron chi connectivity index (χ4n) is 3.28. The molecule has 1 amide bonds. The van der Waals surface area contributed by atoms with E-state index in [4.69, 9.17) is 4.74 Å². The Morgan fingerprint density at radius 2 is 2.36 bits per heavy atom. The van der Waals surface area contributed by atoms with Gasteiger partial charge in [-0.2, -0.15) is 5.10 Å². The first kappa shape index (κ1) is 16.3. The first-order chi connectivity index (χ1) is 12.2. The smallest absolute Gasteiger partial charge is 0.291 e. The molecule has 4 heterocycles. The van der Waals surface area contributed by atoms with Crippen LogP contribution in [-0.4, -0.2) is 39.3 Å². The Kier molecular flexibility index (Phi) is 4.30. The molecule has 0 radical (unpaired) electrons. The molecule has 7 nitrogen and oxygen atoms in total. The van der Waals surface area contributed by atoms with Crippen molar-refractivity contribution >= 4 is 33.0 Å². The van der Waals surface area contributed by atoms with Crippen molar-refractivity contribution in [1.82, 2.24) is 19.5 Å².